The van der Waals surface area contributed by atoms with Crippen molar-refractivity contribution in [3.8, 4) is 0 Å². The van der Waals surface area contributed by atoms with Crippen LogP contribution in [0.5, 0.6) is 0 Å². The molecule has 1 aliphatic heterocycles. The molecule has 1 unspecified atom stereocenters. The van der Waals surface area contributed by atoms with Gasteiger partial charge in [0.15, 0.2) is 5.78 Å². The highest BCUT2D eigenvalue weighted by atomic mass is 16.1. The minimum absolute atomic E-state index is 0.0916. The number of benzene rings is 1. The molecule has 3 heteroatoms. The first-order valence-corrected chi connectivity index (χ1v) is 7.45. The SMILES string of the molecule is CC(=O)C(c1ccc(C(C)(C)C)cc1)N1CCNCC1. The van der Waals surface area contributed by atoms with E-state index in [1.807, 2.05) is 0 Å². The summed E-state index contributed by atoms with van der Waals surface area (Å²) in [6.45, 7) is 12.1. The highest BCUT2D eigenvalue weighted by Gasteiger charge is 2.26. The Balaban J connectivity index is 2.23. The number of piperazine rings is 1. The van der Waals surface area contributed by atoms with Gasteiger partial charge in [0.05, 0.1) is 6.04 Å². The van der Waals surface area contributed by atoms with Gasteiger partial charge in [-0.15, -0.1) is 0 Å². The lowest BCUT2D eigenvalue weighted by Gasteiger charge is -2.34. The predicted molar refractivity (Wildman–Crippen MR) is 83.0 cm³/mol. The number of carbonyl (C=O) groups is 1. The fraction of sp³-hybridized carbons (Fsp3) is 0.588. The van der Waals surface area contributed by atoms with Gasteiger partial charge in [-0.2, -0.15) is 0 Å². The third-order valence-electron chi connectivity index (χ3n) is 3.99. The van der Waals surface area contributed by atoms with Gasteiger partial charge < -0.3 is 5.32 Å². The highest BCUT2D eigenvalue weighted by molar-refractivity contribution is 5.83. The normalized spacial score (nSPS) is 18.8. The summed E-state index contributed by atoms with van der Waals surface area (Å²) in [5, 5.41) is 3.34. The molecule has 0 spiro atoms. The van der Waals surface area contributed by atoms with Crippen LogP contribution in [0.2, 0.25) is 0 Å². The highest BCUT2D eigenvalue weighted by Crippen LogP contribution is 2.27. The Kier molecular flexibility index (Phi) is 4.61. The van der Waals surface area contributed by atoms with Crippen LogP contribution in [0.15, 0.2) is 24.3 Å². The van der Waals surface area contributed by atoms with Crippen LogP contribution in [-0.2, 0) is 10.2 Å². The lowest BCUT2D eigenvalue weighted by molar-refractivity contribution is -0.122. The molecule has 1 aromatic carbocycles. The average molecular weight is 274 g/mol. The second-order valence-electron chi connectivity index (χ2n) is 6.67. The van der Waals surface area contributed by atoms with Crippen molar-refractivity contribution in [1.29, 1.82) is 0 Å². The summed E-state index contributed by atoms with van der Waals surface area (Å²) in [5.74, 6) is 0.232. The molecule has 110 valence electrons. The summed E-state index contributed by atoms with van der Waals surface area (Å²) in [5.41, 5.74) is 2.58. The predicted octanol–water partition coefficient (Wildman–Crippen LogP) is 2.52. The van der Waals surface area contributed by atoms with E-state index in [0.717, 1.165) is 31.7 Å². The quantitative estimate of drug-likeness (QED) is 0.919. The molecule has 0 radical (unpaired) electrons. The smallest absolute Gasteiger partial charge is 0.151 e. The van der Waals surface area contributed by atoms with Gasteiger partial charge in [0.2, 0.25) is 0 Å². The van der Waals surface area contributed by atoms with Crippen LogP contribution in [0.25, 0.3) is 0 Å². The standard InChI is InChI=1S/C17H26N2O/c1-13(20)16(19-11-9-18-10-12-19)14-5-7-15(8-6-14)17(2,3)4/h5-8,16,18H,9-12H2,1-4H3. The first-order valence-electron chi connectivity index (χ1n) is 7.45. The van der Waals surface area contributed by atoms with E-state index in [4.69, 9.17) is 0 Å². The molecule has 20 heavy (non-hydrogen) atoms. The van der Waals surface area contributed by atoms with Gasteiger partial charge in [-0.05, 0) is 23.5 Å². The van der Waals surface area contributed by atoms with Crippen molar-refractivity contribution in [2.75, 3.05) is 26.2 Å². The lowest BCUT2D eigenvalue weighted by Crippen LogP contribution is -2.46. The van der Waals surface area contributed by atoms with Crippen molar-refractivity contribution in [3.63, 3.8) is 0 Å². The molecule has 0 bridgehead atoms. The Bertz CT molecular complexity index is 453. The second kappa shape index (κ2) is 6.06. The van der Waals surface area contributed by atoms with Crippen molar-refractivity contribution >= 4 is 5.78 Å². The van der Waals surface area contributed by atoms with E-state index in [1.165, 1.54) is 5.56 Å². The Morgan fingerprint density at radius 1 is 1.15 bits per heavy atom. The van der Waals surface area contributed by atoms with Crippen molar-refractivity contribution in [2.24, 2.45) is 0 Å². The zero-order valence-corrected chi connectivity index (χ0v) is 13.1. The molecule has 0 amide bonds. The Labute approximate surface area is 122 Å². The van der Waals surface area contributed by atoms with Gasteiger partial charge in [-0.25, -0.2) is 0 Å². The van der Waals surface area contributed by atoms with Crippen LogP contribution < -0.4 is 5.32 Å². The summed E-state index contributed by atoms with van der Waals surface area (Å²) in [6, 6.07) is 8.47. The second-order valence-corrected chi connectivity index (χ2v) is 6.67. The summed E-state index contributed by atoms with van der Waals surface area (Å²) >= 11 is 0. The largest absolute Gasteiger partial charge is 0.314 e. The van der Waals surface area contributed by atoms with E-state index in [-0.39, 0.29) is 17.2 Å². The zero-order chi connectivity index (χ0) is 14.8. The molecule has 0 aliphatic carbocycles. The molecule has 2 rings (SSSR count). The van der Waals surface area contributed by atoms with Crippen LogP contribution in [0, 0.1) is 0 Å². The minimum Gasteiger partial charge on any atom is -0.314 e. The third-order valence-corrected chi connectivity index (χ3v) is 3.99. The number of rotatable bonds is 3. The number of nitrogens with one attached hydrogen (secondary N) is 1. The van der Waals surface area contributed by atoms with E-state index in [1.54, 1.807) is 6.92 Å². The monoisotopic (exact) mass is 274 g/mol. The molecule has 0 aromatic heterocycles. The number of hydrogen-bond donors (Lipinski definition) is 1. The maximum Gasteiger partial charge on any atom is 0.151 e. The van der Waals surface area contributed by atoms with Crippen LogP contribution in [-0.4, -0.2) is 36.9 Å². The maximum absolute atomic E-state index is 12.1. The molecular weight excluding hydrogens is 248 g/mol. The molecular formula is C17H26N2O. The van der Waals surface area contributed by atoms with Gasteiger partial charge in [-0.1, -0.05) is 45.0 Å². The van der Waals surface area contributed by atoms with Crippen LogP contribution in [0.3, 0.4) is 0 Å². The molecule has 1 heterocycles. The summed E-state index contributed by atoms with van der Waals surface area (Å²) < 4.78 is 0. The Morgan fingerprint density at radius 2 is 1.70 bits per heavy atom. The lowest BCUT2D eigenvalue weighted by atomic mass is 9.86. The van der Waals surface area contributed by atoms with Crippen LogP contribution in [0.1, 0.15) is 44.9 Å². The van der Waals surface area contributed by atoms with Gasteiger partial charge in [0.1, 0.15) is 0 Å². The number of Topliss-reactive ketones (excluding diaryl/α,β-unsaturated/α-hetero) is 1. The first kappa shape index (κ1) is 15.2. The number of carbonyl (C=O) groups excluding carboxylic acids is 1. The van der Waals surface area contributed by atoms with Crippen LogP contribution in [0.4, 0.5) is 0 Å². The van der Waals surface area contributed by atoms with E-state index >= 15 is 0 Å². The first-order chi connectivity index (χ1) is 9.39. The van der Waals surface area contributed by atoms with Crippen molar-refractivity contribution < 1.29 is 4.79 Å². The summed E-state index contributed by atoms with van der Waals surface area (Å²) in [7, 11) is 0. The van der Waals surface area contributed by atoms with Gasteiger partial charge in [0.25, 0.3) is 0 Å². The zero-order valence-electron chi connectivity index (χ0n) is 13.1. The van der Waals surface area contributed by atoms with E-state index < -0.39 is 0 Å². The average Bonchev–Trinajstić information content (AvgIpc) is 2.39. The van der Waals surface area contributed by atoms with Crippen molar-refractivity contribution in [2.45, 2.75) is 39.2 Å². The van der Waals surface area contributed by atoms with E-state index in [0.29, 0.717) is 0 Å². The van der Waals surface area contributed by atoms with E-state index in [9.17, 15) is 4.79 Å². The molecule has 3 nitrogen and oxygen atoms in total. The molecule has 1 N–H and O–H groups in total. The molecule has 0 saturated carbocycles. The molecule has 1 fully saturated rings. The number of hydrogen-bond acceptors (Lipinski definition) is 3. The Morgan fingerprint density at radius 3 is 2.15 bits per heavy atom. The molecule has 1 aromatic rings. The Hall–Kier alpha value is -1.19. The number of ketones is 1. The van der Waals surface area contributed by atoms with Crippen molar-refractivity contribution in [3.05, 3.63) is 35.4 Å². The summed E-state index contributed by atoms with van der Waals surface area (Å²) in [4.78, 5) is 14.3. The fourth-order valence-electron chi connectivity index (χ4n) is 2.81. The van der Waals surface area contributed by atoms with E-state index in [2.05, 4.69) is 55.3 Å². The fourth-order valence-corrected chi connectivity index (χ4v) is 2.81. The van der Waals surface area contributed by atoms with Gasteiger partial charge >= 0.3 is 0 Å². The number of nitrogens with zero attached hydrogens (tertiary/aromatic N) is 1. The molecule has 1 aliphatic rings. The van der Waals surface area contributed by atoms with Crippen LogP contribution >= 0.6 is 0 Å². The van der Waals surface area contributed by atoms with Gasteiger partial charge in [-0.3, -0.25) is 9.69 Å². The summed E-state index contributed by atoms with van der Waals surface area (Å²) in [6.07, 6.45) is 0. The topological polar surface area (TPSA) is 32.3 Å². The van der Waals surface area contributed by atoms with Crippen molar-refractivity contribution in [1.82, 2.24) is 10.2 Å². The minimum atomic E-state index is -0.0916. The maximum atomic E-state index is 12.1. The molecule has 1 saturated heterocycles. The van der Waals surface area contributed by atoms with Gasteiger partial charge in [0, 0.05) is 26.2 Å². The molecule has 1 atom stereocenters. The third kappa shape index (κ3) is 3.47.